The lowest BCUT2D eigenvalue weighted by Gasteiger charge is -1.88. The Bertz CT molecular complexity index is 134. The first-order chi connectivity index (χ1) is 3.55. The van der Waals surface area contributed by atoms with Gasteiger partial charge in [-0.1, -0.05) is 0 Å². The Kier molecular flexibility index (Phi) is 4.20. The van der Waals surface area contributed by atoms with Gasteiger partial charge in [-0.15, -0.1) is 0 Å². The first kappa shape index (κ1) is 8.85. The lowest BCUT2D eigenvalue weighted by atomic mass is 10.5. The molecule has 0 fully saturated rings. The Morgan fingerprint density at radius 2 is 1.62 bits per heavy atom. The highest BCUT2D eigenvalue weighted by Crippen LogP contribution is 2.23. The number of halogens is 3. The lowest BCUT2D eigenvalue weighted by Crippen LogP contribution is -1.86. The number of rotatable bonds is 1. The van der Waals surface area contributed by atoms with E-state index in [1.807, 2.05) is 0 Å². The van der Waals surface area contributed by atoms with E-state index in [0.717, 1.165) is 0 Å². The topological polar surface area (TPSA) is 17.1 Å². The fraction of sp³-hybridized carbons (Fsp3) is 0.250. The number of ketones is 1. The maximum absolute atomic E-state index is 10.4. The average molecular weight is 307 g/mol. The second-order valence-corrected chi connectivity index (χ2v) is 4.57. The number of hydrogen-bond acceptors (Lipinski definition) is 1. The molecular weight excluding hydrogens is 304 g/mol. The third-order valence-electron chi connectivity index (χ3n) is 0.475. The molecule has 0 radical (unpaired) electrons. The SMILES string of the molecule is CC(=O)C(Br)=C(Br)Br. The van der Waals surface area contributed by atoms with Crippen molar-refractivity contribution in [3.05, 3.63) is 7.87 Å². The van der Waals surface area contributed by atoms with E-state index in [0.29, 0.717) is 7.87 Å². The molecular formula is C4H3Br3O. The fourth-order valence-corrected chi connectivity index (χ4v) is 0.691. The first-order valence-electron chi connectivity index (χ1n) is 1.77. The minimum atomic E-state index is -0.00579. The maximum Gasteiger partial charge on any atom is 0.168 e. The van der Waals surface area contributed by atoms with Crippen LogP contribution in [0.15, 0.2) is 7.87 Å². The summed E-state index contributed by atoms with van der Waals surface area (Å²) in [5.41, 5.74) is 0. The normalized spacial score (nSPS) is 8.50. The van der Waals surface area contributed by atoms with Crippen molar-refractivity contribution >= 4 is 53.6 Å². The number of carbonyl (C=O) groups excluding carboxylic acids is 1. The van der Waals surface area contributed by atoms with E-state index < -0.39 is 0 Å². The number of hydrogen-bond donors (Lipinski definition) is 0. The third-order valence-corrected chi connectivity index (χ3v) is 3.29. The Balaban J connectivity index is 4.23. The minimum absolute atomic E-state index is 0.00579. The Labute approximate surface area is 72.9 Å². The van der Waals surface area contributed by atoms with Crippen molar-refractivity contribution in [3.63, 3.8) is 0 Å². The zero-order valence-electron chi connectivity index (χ0n) is 4.04. The van der Waals surface area contributed by atoms with E-state index in [4.69, 9.17) is 0 Å². The molecule has 0 aromatic rings. The van der Waals surface area contributed by atoms with Gasteiger partial charge in [-0.25, -0.2) is 0 Å². The summed E-state index contributed by atoms with van der Waals surface area (Å²) in [4.78, 5) is 10.4. The molecule has 0 aromatic heterocycles. The molecule has 1 nitrogen and oxygen atoms in total. The summed E-state index contributed by atoms with van der Waals surface area (Å²) in [6.07, 6.45) is 0. The average Bonchev–Trinajstić information content (AvgIpc) is 1.64. The van der Waals surface area contributed by atoms with Crippen molar-refractivity contribution in [1.82, 2.24) is 0 Å². The van der Waals surface area contributed by atoms with Gasteiger partial charge in [0.25, 0.3) is 0 Å². The van der Waals surface area contributed by atoms with Crippen LogP contribution < -0.4 is 0 Å². The summed E-state index contributed by atoms with van der Waals surface area (Å²) in [6, 6.07) is 0. The van der Waals surface area contributed by atoms with Gasteiger partial charge < -0.3 is 0 Å². The Hall–Kier alpha value is 0.850. The second kappa shape index (κ2) is 3.80. The molecule has 0 bridgehead atoms. The molecule has 0 spiro atoms. The van der Waals surface area contributed by atoms with Gasteiger partial charge in [0.2, 0.25) is 0 Å². The molecule has 0 aromatic carbocycles. The van der Waals surface area contributed by atoms with E-state index in [9.17, 15) is 4.79 Å². The number of Topliss-reactive ketones (excluding diaryl/α,β-unsaturated/α-hetero) is 1. The fourth-order valence-electron chi connectivity index (χ4n) is 0.133. The van der Waals surface area contributed by atoms with Crippen LogP contribution in [-0.2, 0) is 4.79 Å². The maximum atomic E-state index is 10.4. The standard InChI is InChI=1S/C4H3Br3O/c1-2(8)3(5)4(6)7/h1H3. The number of carbonyl (C=O) groups is 1. The van der Waals surface area contributed by atoms with Crippen molar-refractivity contribution in [2.45, 2.75) is 6.92 Å². The van der Waals surface area contributed by atoms with E-state index in [-0.39, 0.29) is 5.78 Å². The highest BCUT2D eigenvalue weighted by molar-refractivity contribution is 9.29. The summed E-state index contributed by atoms with van der Waals surface area (Å²) < 4.78 is 1.18. The molecule has 0 unspecified atom stereocenters. The van der Waals surface area contributed by atoms with Gasteiger partial charge in [0.05, 0.1) is 7.87 Å². The van der Waals surface area contributed by atoms with Crippen LogP contribution in [0.25, 0.3) is 0 Å². The third kappa shape index (κ3) is 2.99. The molecule has 0 rings (SSSR count). The van der Waals surface area contributed by atoms with Crippen LogP contribution in [0.2, 0.25) is 0 Å². The molecule has 0 heterocycles. The zero-order chi connectivity index (χ0) is 6.73. The molecule has 0 atom stereocenters. The van der Waals surface area contributed by atoms with Crippen molar-refractivity contribution in [2.24, 2.45) is 0 Å². The molecule has 0 saturated carbocycles. The van der Waals surface area contributed by atoms with E-state index in [1.165, 1.54) is 6.92 Å². The van der Waals surface area contributed by atoms with Gasteiger partial charge in [0, 0.05) is 0 Å². The predicted octanol–water partition coefficient (Wildman–Crippen LogP) is 2.93. The van der Waals surface area contributed by atoms with Gasteiger partial charge in [-0.05, 0) is 54.7 Å². The van der Waals surface area contributed by atoms with Gasteiger partial charge >= 0.3 is 0 Å². The van der Waals surface area contributed by atoms with Gasteiger partial charge in [-0.2, -0.15) is 0 Å². The molecule has 4 heteroatoms. The summed E-state index contributed by atoms with van der Waals surface area (Å²) in [6.45, 7) is 1.48. The molecule has 0 aliphatic heterocycles. The van der Waals surface area contributed by atoms with Crippen LogP contribution in [-0.4, -0.2) is 5.78 Å². The van der Waals surface area contributed by atoms with Gasteiger partial charge in [0.15, 0.2) is 5.78 Å². The van der Waals surface area contributed by atoms with E-state index >= 15 is 0 Å². The quantitative estimate of drug-likeness (QED) is 0.681. The lowest BCUT2D eigenvalue weighted by molar-refractivity contribution is -0.112. The van der Waals surface area contributed by atoms with Crippen LogP contribution >= 0.6 is 47.8 Å². The monoisotopic (exact) mass is 304 g/mol. The summed E-state index contributed by atoms with van der Waals surface area (Å²) in [7, 11) is 0. The van der Waals surface area contributed by atoms with Crippen LogP contribution in [0.3, 0.4) is 0 Å². The van der Waals surface area contributed by atoms with Crippen LogP contribution in [0, 0.1) is 0 Å². The van der Waals surface area contributed by atoms with Crippen LogP contribution in [0.4, 0.5) is 0 Å². The summed E-state index contributed by atoms with van der Waals surface area (Å²) in [5.74, 6) is -0.00579. The van der Waals surface area contributed by atoms with Crippen molar-refractivity contribution in [1.29, 1.82) is 0 Å². The Morgan fingerprint density at radius 1 is 1.25 bits per heavy atom. The van der Waals surface area contributed by atoms with Crippen molar-refractivity contribution in [3.8, 4) is 0 Å². The molecule has 0 N–H and O–H groups in total. The van der Waals surface area contributed by atoms with E-state index in [1.54, 1.807) is 0 Å². The Morgan fingerprint density at radius 3 is 1.62 bits per heavy atom. The second-order valence-electron chi connectivity index (χ2n) is 1.13. The predicted molar refractivity (Wildman–Crippen MR) is 44.5 cm³/mol. The molecule has 0 aliphatic rings. The van der Waals surface area contributed by atoms with Crippen molar-refractivity contribution in [2.75, 3.05) is 0 Å². The summed E-state index contributed by atoms with van der Waals surface area (Å²) >= 11 is 9.18. The number of allylic oxidation sites excluding steroid dienone is 1. The summed E-state index contributed by atoms with van der Waals surface area (Å²) in [5, 5.41) is 0. The van der Waals surface area contributed by atoms with Gasteiger partial charge in [-0.3, -0.25) is 4.79 Å². The molecule has 0 saturated heterocycles. The van der Waals surface area contributed by atoms with Gasteiger partial charge in [0.1, 0.15) is 0 Å². The molecule has 8 heavy (non-hydrogen) atoms. The smallest absolute Gasteiger partial charge is 0.168 e. The molecule has 46 valence electrons. The van der Waals surface area contributed by atoms with Crippen LogP contribution in [0.5, 0.6) is 0 Å². The van der Waals surface area contributed by atoms with Crippen molar-refractivity contribution < 1.29 is 4.79 Å². The highest BCUT2D eigenvalue weighted by Gasteiger charge is 2.00. The molecule has 0 aliphatic carbocycles. The minimum Gasteiger partial charge on any atom is -0.294 e. The first-order valence-corrected chi connectivity index (χ1v) is 4.15. The largest absolute Gasteiger partial charge is 0.294 e. The van der Waals surface area contributed by atoms with Crippen LogP contribution in [0.1, 0.15) is 6.92 Å². The highest BCUT2D eigenvalue weighted by atomic mass is 79.9. The van der Waals surface area contributed by atoms with E-state index in [2.05, 4.69) is 47.8 Å². The zero-order valence-corrected chi connectivity index (χ0v) is 8.80. The molecule has 0 amide bonds.